The maximum absolute atomic E-state index is 2.47. The van der Waals surface area contributed by atoms with Crippen molar-refractivity contribution in [2.45, 2.75) is 34.0 Å². The maximum atomic E-state index is 2.47. The summed E-state index contributed by atoms with van der Waals surface area (Å²) in [6.07, 6.45) is 14.1. The largest absolute Gasteiger partial charge is 1.00 e. The second-order valence-electron chi connectivity index (χ2n) is 5.04. The Kier molecular flexibility index (Phi) is 6.18. The van der Waals surface area contributed by atoms with Crippen molar-refractivity contribution in [1.29, 1.82) is 0 Å². The summed E-state index contributed by atoms with van der Waals surface area (Å²) < 4.78 is 0.878. The van der Waals surface area contributed by atoms with Crippen LogP contribution in [0.4, 0.5) is 0 Å². The van der Waals surface area contributed by atoms with Gasteiger partial charge in [-0.3, -0.25) is 0 Å². The summed E-state index contributed by atoms with van der Waals surface area (Å²) in [7, 11) is 0. The Morgan fingerprint density at radius 1 is 1.06 bits per heavy atom. The van der Waals surface area contributed by atoms with Gasteiger partial charge in [-0.15, -0.1) is 0 Å². The molecule has 2 rings (SSSR count). The first-order chi connectivity index (χ1) is 6.94. The molecule has 92 valence electrons. The molecule has 0 aliphatic heterocycles. The molecule has 0 saturated heterocycles. The van der Waals surface area contributed by atoms with E-state index in [1.165, 1.54) is 5.57 Å². The number of rotatable bonds is 2. The van der Waals surface area contributed by atoms with E-state index in [-0.39, 0.29) is 24.8 Å². The fraction of sp³-hybridized carbons (Fsp3) is 0.429. The fourth-order valence-corrected chi connectivity index (χ4v) is 9.69. The summed E-state index contributed by atoms with van der Waals surface area (Å²) in [5.74, 6) is 0. The van der Waals surface area contributed by atoms with E-state index in [1.807, 2.05) is 0 Å². The van der Waals surface area contributed by atoms with Crippen LogP contribution in [-0.4, -0.2) is 0 Å². The molecule has 0 spiro atoms. The molecule has 0 N–H and O–H groups in total. The Labute approximate surface area is 129 Å². The summed E-state index contributed by atoms with van der Waals surface area (Å²) >= 11 is -0.786. The fourth-order valence-electron chi connectivity index (χ4n) is 2.34. The number of hydrogen-bond acceptors (Lipinski definition) is 0. The van der Waals surface area contributed by atoms with Crippen molar-refractivity contribution in [3.05, 3.63) is 47.6 Å². The van der Waals surface area contributed by atoms with Gasteiger partial charge in [-0.2, -0.15) is 0 Å². The third kappa shape index (κ3) is 3.68. The second-order valence-corrected chi connectivity index (χ2v) is 13.5. The van der Waals surface area contributed by atoms with Gasteiger partial charge in [0.2, 0.25) is 0 Å². The van der Waals surface area contributed by atoms with Crippen molar-refractivity contribution in [2.24, 2.45) is 0 Å². The molecule has 0 heterocycles. The van der Waals surface area contributed by atoms with Gasteiger partial charge in [0.05, 0.1) is 0 Å². The first kappa shape index (κ1) is 17.4. The Balaban J connectivity index is 0.00000128. The summed E-state index contributed by atoms with van der Waals surface area (Å²) in [4.78, 5) is 0. The van der Waals surface area contributed by atoms with E-state index in [0.717, 1.165) is 0 Å². The van der Waals surface area contributed by atoms with Crippen LogP contribution >= 0.6 is 0 Å². The van der Waals surface area contributed by atoms with Gasteiger partial charge in [0.25, 0.3) is 0 Å². The number of hydrogen-bond donors (Lipinski definition) is 0. The molecular formula is C14H18Cl2Hf. The Bertz CT molecular complexity index is 406. The molecule has 2 unspecified atom stereocenters. The molecule has 0 saturated carbocycles. The monoisotopic (exact) mass is 436 g/mol. The summed E-state index contributed by atoms with van der Waals surface area (Å²) in [6.45, 7) is 9.33. The van der Waals surface area contributed by atoms with Gasteiger partial charge in [-0.05, 0) is 0 Å². The SMILES string of the molecule is CC1=C[C](C)([Hf+2][C]2(C)C=CC=C2C)C=C1.[Cl-].[Cl-]. The molecule has 0 bridgehead atoms. The molecule has 3 heteroatoms. The standard InChI is InChI=1S/2C7H9.2ClH.Hf/c1-6-3-4-7(2)5-6;1-6-4-3-5-7(6)2;;;/h2*3-5H,1-2H3;2*1H;/q;;;;+2/p-2. The normalized spacial score (nSPS) is 33.4. The quantitative estimate of drug-likeness (QED) is 0.462. The molecular weight excluding hydrogens is 418 g/mol. The van der Waals surface area contributed by atoms with Crippen molar-refractivity contribution in [3.8, 4) is 0 Å². The molecule has 0 nitrogen and oxygen atoms in total. The third-order valence-electron chi connectivity index (χ3n) is 3.34. The Morgan fingerprint density at radius 2 is 1.71 bits per heavy atom. The minimum atomic E-state index is -0.786. The molecule has 17 heavy (non-hydrogen) atoms. The van der Waals surface area contributed by atoms with E-state index in [0.29, 0.717) is 6.34 Å². The van der Waals surface area contributed by atoms with Crippen LogP contribution in [0.25, 0.3) is 0 Å². The van der Waals surface area contributed by atoms with Crippen molar-refractivity contribution in [2.75, 3.05) is 0 Å². The second kappa shape index (κ2) is 6.04. The Hall–Kier alpha value is 0.410. The average molecular weight is 436 g/mol. The van der Waals surface area contributed by atoms with Crippen molar-refractivity contribution in [3.63, 3.8) is 0 Å². The van der Waals surface area contributed by atoms with Crippen LogP contribution in [0.5, 0.6) is 0 Å². The molecule has 0 aromatic heterocycles. The van der Waals surface area contributed by atoms with Crippen LogP contribution in [-0.2, 0) is 22.9 Å². The van der Waals surface area contributed by atoms with E-state index in [1.54, 1.807) is 5.57 Å². The van der Waals surface area contributed by atoms with Crippen molar-refractivity contribution >= 4 is 0 Å². The van der Waals surface area contributed by atoms with Crippen LogP contribution in [0.2, 0.25) is 6.34 Å². The molecule has 2 aliphatic rings. The zero-order chi connectivity index (χ0) is 11.1. The predicted molar refractivity (Wildman–Crippen MR) is 62.5 cm³/mol. The zero-order valence-corrected chi connectivity index (χ0v) is 15.8. The summed E-state index contributed by atoms with van der Waals surface area (Å²) in [5.41, 5.74) is 3.01. The van der Waals surface area contributed by atoms with E-state index in [4.69, 9.17) is 0 Å². The van der Waals surface area contributed by atoms with E-state index < -0.39 is 22.9 Å². The first-order valence-corrected chi connectivity index (χ1v) is 9.07. The van der Waals surface area contributed by atoms with Gasteiger partial charge in [0.15, 0.2) is 0 Å². The number of allylic oxidation sites excluding steroid dienone is 8. The van der Waals surface area contributed by atoms with Gasteiger partial charge in [-0.1, -0.05) is 0 Å². The minimum absolute atomic E-state index is 0. The summed E-state index contributed by atoms with van der Waals surface area (Å²) in [6, 6.07) is 0. The number of halogens is 2. The minimum Gasteiger partial charge on any atom is -1.00 e. The van der Waals surface area contributed by atoms with Gasteiger partial charge >= 0.3 is 105 Å². The molecule has 2 aliphatic carbocycles. The van der Waals surface area contributed by atoms with E-state index >= 15 is 0 Å². The smallest absolute Gasteiger partial charge is 1.00 e. The molecule has 0 amide bonds. The van der Waals surface area contributed by atoms with Gasteiger partial charge in [-0.25, -0.2) is 0 Å². The molecule has 0 aromatic carbocycles. The van der Waals surface area contributed by atoms with Gasteiger partial charge in [0.1, 0.15) is 0 Å². The molecule has 0 radical (unpaired) electrons. The van der Waals surface area contributed by atoms with Gasteiger partial charge < -0.3 is 24.8 Å². The van der Waals surface area contributed by atoms with Crippen molar-refractivity contribution < 1.29 is 47.7 Å². The third-order valence-corrected chi connectivity index (χ3v) is 10.3. The zero-order valence-electron chi connectivity index (χ0n) is 10.7. The van der Waals surface area contributed by atoms with Crippen LogP contribution < -0.4 is 24.8 Å². The van der Waals surface area contributed by atoms with E-state index in [9.17, 15) is 0 Å². The predicted octanol–water partition coefficient (Wildman–Crippen LogP) is -1.53. The topological polar surface area (TPSA) is 0 Å². The maximum Gasteiger partial charge on any atom is -1.00 e. The molecule has 0 fully saturated rings. The van der Waals surface area contributed by atoms with Crippen LogP contribution in [0, 0.1) is 0 Å². The van der Waals surface area contributed by atoms with Crippen LogP contribution in [0.15, 0.2) is 47.6 Å². The van der Waals surface area contributed by atoms with Crippen LogP contribution in [0.1, 0.15) is 27.7 Å². The summed E-state index contributed by atoms with van der Waals surface area (Å²) in [5, 5.41) is 0. The van der Waals surface area contributed by atoms with Crippen LogP contribution in [0.3, 0.4) is 0 Å². The van der Waals surface area contributed by atoms with Gasteiger partial charge in [0, 0.05) is 0 Å². The van der Waals surface area contributed by atoms with E-state index in [2.05, 4.69) is 64.2 Å². The Morgan fingerprint density at radius 3 is 2.12 bits per heavy atom. The average Bonchev–Trinajstić information content (AvgIpc) is 2.59. The molecule has 2 atom stereocenters. The van der Waals surface area contributed by atoms with Crippen molar-refractivity contribution in [1.82, 2.24) is 0 Å². The first-order valence-electron chi connectivity index (χ1n) is 5.48. The molecule has 0 aromatic rings.